The van der Waals surface area contributed by atoms with Crippen LogP contribution in [0.3, 0.4) is 0 Å². The maximum Gasteiger partial charge on any atom is 0.256 e. The number of hydrogen-bond donors (Lipinski definition) is 2. The molecule has 3 nitrogen and oxygen atoms in total. The van der Waals surface area contributed by atoms with E-state index in [0.29, 0.717) is 0 Å². The van der Waals surface area contributed by atoms with Gasteiger partial charge in [0.15, 0.2) is 0 Å². The molecule has 0 atom stereocenters. The lowest BCUT2D eigenvalue weighted by Gasteiger charge is -2.18. The maximum atomic E-state index is 12.1. The van der Waals surface area contributed by atoms with Gasteiger partial charge in [-0.05, 0) is 48.4 Å². The summed E-state index contributed by atoms with van der Waals surface area (Å²) in [5.41, 5.74) is 5.11. The highest BCUT2D eigenvalue weighted by atomic mass is 35.5. The largest absolute Gasteiger partial charge is 0.385 e. The van der Waals surface area contributed by atoms with Crippen molar-refractivity contribution < 1.29 is 4.79 Å². The number of halogens is 1. The van der Waals surface area contributed by atoms with Crippen LogP contribution in [0.25, 0.3) is 0 Å². The van der Waals surface area contributed by atoms with E-state index in [1.54, 1.807) is 11.3 Å². The highest BCUT2D eigenvalue weighted by Crippen LogP contribution is 2.26. The number of thiophene rings is 1. The van der Waals surface area contributed by atoms with Gasteiger partial charge >= 0.3 is 0 Å². The van der Waals surface area contributed by atoms with E-state index in [0.717, 1.165) is 35.5 Å². The van der Waals surface area contributed by atoms with Gasteiger partial charge in [0.2, 0.25) is 0 Å². The molecule has 0 radical (unpaired) electrons. The van der Waals surface area contributed by atoms with Gasteiger partial charge in [0.25, 0.3) is 5.91 Å². The zero-order valence-corrected chi connectivity index (χ0v) is 12.9. The zero-order valence-electron chi connectivity index (χ0n) is 11.2. The van der Waals surface area contributed by atoms with Gasteiger partial charge in [-0.3, -0.25) is 4.79 Å². The zero-order chi connectivity index (χ0) is 13.2. The third-order valence-electron chi connectivity index (χ3n) is 3.41. The SMILES string of the molecule is Cc1cscc1C(=O)Nc1ccc2c(c1)NCCC2.Cl. The van der Waals surface area contributed by atoms with E-state index in [1.165, 1.54) is 12.0 Å². The van der Waals surface area contributed by atoms with Crippen molar-refractivity contribution in [2.45, 2.75) is 19.8 Å². The fraction of sp³-hybridized carbons (Fsp3) is 0.267. The van der Waals surface area contributed by atoms with Gasteiger partial charge in [-0.1, -0.05) is 6.07 Å². The molecule has 0 saturated carbocycles. The maximum absolute atomic E-state index is 12.1. The van der Waals surface area contributed by atoms with Crippen LogP contribution in [0.2, 0.25) is 0 Å². The number of nitrogens with one attached hydrogen (secondary N) is 2. The summed E-state index contributed by atoms with van der Waals surface area (Å²) in [6.45, 7) is 2.97. The molecule has 5 heteroatoms. The van der Waals surface area contributed by atoms with Crippen LogP contribution in [0.1, 0.15) is 27.9 Å². The molecule has 0 unspecified atom stereocenters. The minimum absolute atomic E-state index is 0. The molecular formula is C15H17ClN2OS. The highest BCUT2D eigenvalue weighted by Gasteiger charge is 2.12. The molecule has 0 fully saturated rings. The average molecular weight is 309 g/mol. The smallest absolute Gasteiger partial charge is 0.256 e. The van der Waals surface area contributed by atoms with E-state index in [1.807, 2.05) is 29.8 Å². The molecule has 1 aliphatic heterocycles. The summed E-state index contributed by atoms with van der Waals surface area (Å²) in [7, 11) is 0. The number of fused-ring (bicyclic) bond motifs is 1. The molecule has 20 heavy (non-hydrogen) atoms. The molecule has 1 aliphatic rings. The average Bonchev–Trinajstić information content (AvgIpc) is 2.85. The monoisotopic (exact) mass is 308 g/mol. The first-order valence-corrected chi connectivity index (χ1v) is 7.39. The lowest BCUT2D eigenvalue weighted by molar-refractivity contribution is 0.102. The van der Waals surface area contributed by atoms with Crippen molar-refractivity contribution >= 4 is 41.0 Å². The van der Waals surface area contributed by atoms with Crippen LogP contribution in [0.5, 0.6) is 0 Å². The summed E-state index contributed by atoms with van der Waals surface area (Å²) in [6, 6.07) is 6.09. The van der Waals surface area contributed by atoms with Gasteiger partial charge in [0.1, 0.15) is 0 Å². The van der Waals surface area contributed by atoms with Crippen LogP contribution >= 0.6 is 23.7 Å². The van der Waals surface area contributed by atoms with Crippen LogP contribution in [0.15, 0.2) is 29.0 Å². The van der Waals surface area contributed by atoms with Gasteiger partial charge in [-0.15, -0.1) is 12.4 Å². The Morgan fingerprint density at radius 2 is 2.20 bits per heavy atom. The lowest BCUT2D eigenvalue weighted by Crippen LogP contribution is -2.14. The van der Waals surface area contributed by atoms with Crippen molar-refractivity contribution in [1.82, 2.24) is 0 Å². The van der Waals surface area contributed by atoms with Crippen LogP contribution in [-0.4, -0.2) is 12.5 Å². The number of carbonyl (C=O) groups is 1. The van der Waals surface area contributed by atoms with E-state index in [9.17, 15) is 4.79 Å². The number of anilines is 2. The number of amides is 1. The normalized spacial score (nSPS) is 12.8. The third kappa shape index (κ3) is 2.97. The second-order valence-corrected chi connectivity index (χ2v) is 5.57. The minimum Gasteiger partial charge on any atom is -0.385 e. The molecule has 0 saturated heterocycles. The van der Waals surface area contributed by atoms with Gasteiger partial charge in [0.05, 0.1) is 5.56 Å². The molecule has 3 rings (SSSR count). The fourth-order valence-corrected chi connectivity index (χ4v) is 3.16. The Labute approximate surface area is 128 Å². The first kappa shape index (κ1) is 14.9. The van der Waals surface area contributed by atoms with Crippen LogP contribution in [0.4, 0.5) is 11.4 Å². The molecule has 2 N–H and O–H groups in total. The second-order valence-electron chi connectivity index (χ2n) is 4.82. The van der Waals surface area contributed by atoms with E-state index in [2.05, 4.69) is 16.7 Å². The Bertz CT molecular complexity index is 624. The molecule has 2 aromatic rings. The Morgan fingerprint density at radius 1 is 1.35 bits per heavy atom. The Kier molecular flexibility index (Phi) is 4.68. The summed E-state index contributed by atoms with van der Waals surface area (Å²) < 4.78 is 0. The van der Waals surface area contributed by atoms with E-state index >= 15 is 0 Å². The standard InChI is InChI=1S/C15H16N2OS.ClH/c1-10-8-19-9-13(10)15(18)17-12-5-4-11-3-2-6-16-14(11)7-12;/h4-5,7-9,16H,2-3,6H2,1H3,(H,17,18);1H. The van der Waals surface area contributed by atoms with Crippen molar-refractivity contribution in [2.75, 3.05) is 17.2 Å². The molecule has 1 aromatic heterocycles. The number of rotatable bonds is 2. The van der Waals surface area contributed by atoms with Crippen molar-refractivity contribution in [3.05, 3.63) is 45.6 Å². The first-order chi connectivity index (χ1) is 9.24. The van der Waals surface area contributed by atoms with Crippen molar-refractivity contribution in [2.24, 2.45) is 0 Å². The Morgan fingerprint density at radius 3 is 2.95 bits per heavy atom. The quantitative estimate of drug-likeness (QED) is 0.877. The topological polar surface area (TPSA) is 41.1 Å². The number of hydrogen-bond acceptors (Lipinski definition) is 3. The molecule has 106 valence electrons. The van der Waals surface area contributed by atoms with Crippen LogP contribution < -0.4 is 10.6 Å². The number of carbonyl (C=O) groups excluding carboxylic acids is 1. The summed E-state index contributed by atoms with van der Waals surface area (Å²) in [4.78, 5) is 12.1. The van der Waals surface area contributed by atoms with Crippen molar-refractivity contribution in [3.8, 4) is 0 Å². The van der Waals surface area contributed by atoms with Gasteiger partial charge in [0, 0.05) is 23.3 Å². The van der Waals surface area contributed by atoms with E-state index in [-0.39, 0.29) is 18.3 Å². The van der Waals surface area contributed by atoms with Crippen LogP contribution in [0, 0.1) is 6.92 Å². The summed E-state index contributed by atoms with van der Waals surface area (Å²) in [5, 5.41) is 10.2. The third-order valence-corrected chi connectivity index (χ3v) is 4.27. The van der Waals surface area contributed by atoms with Crippen molar-refractivity contribution in [1.29, 1.82) is 0 Å². The summed E-state index contributed by atoms with van der Waals surface area (Å²) in [6.07, 6.45) is 2.28. The van der Waals surface area contributed by atoms with E-state index < -0.39 is 0 Å². The fourth-order valence-electron chi connectivity index (χ4n) is 2.33. The molecule has 1 amide bonds. The predicted octanol–water partition coefficient (Wildman–Crippen LogP) is 4.09. The van der Waals surface area contributed by atoms with Gasteiger partial charge in [-0.2, -0.15) is 11.3 Å². The number of benzene rings is 1. The first-order valence-electron chi connectivity index (χ1n) is 6.45. The molecule has 0 spiro atoms. The Balaban J connectivity index is 0.00000147. The second kappa shape index (κ2) is 6.29. The molecular weight excluding hydrogens is 292 g/mol. The molecule has 1 aromatic carbocycles. The Hall–Kier alpha value is -1.52. The number of aryl methyl sites for hydroxylation is 2. The van der Waals surface area contributed by atoms with Gasteiger partial charge < -0.3 is 10.6 Å². The highest BCUT2D eigenvalue weighted by molar-refractivity contribution is 7.08. The molecule has 0 bridgehead atoms. The van der Waals surface area contributed by atoms with Crippen molar-refractivity contribution in [3.63, 3.8) is 0 Å². The summed E-state index contributed by atoms with van der Waals surface area (Å²) >= 11 is 1.55. The predicted molar refractivity (Wildman–Crippen MR) is 87.5 cm³/mol. The minimum atomic E-state index is -0.0329. The van der Waals surface area contributed by atoms with Gasteiger partial charge in [-0.25, -0.2) is 0 Å². The van der Waals surface area contributed by atoms with Crippen LogP contribution in [-0.2, 0) is 6.42 Å². The van der Waals surface area contributed by atoms with E-state index in [4.69, 9.17) is 0 Å². The lowest BCUT2D eigenvalue weighted by atomic mass is 10.0. The summed E-state index contributed by atoms with van der Waals surface area (Å²) in [5.74, 6) is -0.0329. The molecule has 0 aliphatic carbocycles. The molecule has 2 heterocycles.